The van der Waals surface area contributed by atoms with Gasteiger partial charge in [-0.3, -0.25) is 10.1 Å². The number of aliphatic imine (C=N–C) groups is 1. The molecule has 0 aromatic heterocycles. The van der Waals surface area contributed by atoms with Crippen LogP contribution in [0.4, 0.5) is 5.69 Å². The molecule has 0 heterocycles. The summed E-state index contributed by atoms with van der Waals surface area (Å²) in [5.41, 5.74) is 2.08. The summed E-state index contributed by atoms with van der Waals surface area (Å²) < 4.78 is 0. The van der Waals surface area contributed by atoms with Crippen LogP contribution in [0.25, 0.3) is 0 Å². The first-order valence-corrected chi connectivity index (χ1v) is 7.91. The van der Waals surface area contributed by atoms with Crippen LogP contribution in [-0.2, 0) is 6.42 Å². The summed E-state index contributed by atoms with van der Waals surface area (Å²) in [7, 11) is 0. The van der Waals surface area contributed by atoms with Crippen molar-refractivity contribution in [2.75, 3.05) is 6.26 Å². The molecular formula is C17H15N3OS. The molecule has 0 unspecified atom stereocenters. The van der Waals surface area contributed by atoms with Crippen LogP contribution in [0.2, 0.25) is 0 Å². The van der Waals surface area contributed by atoms with Crippen molar-refractivity contribution in [1.82, 2.24) is 5.32 Å². The second kappa shape index (κ2) is 8.01. The average Bonchev–Trinajstić information content (AvgIpc) is 2.55. The van der Waals surface area contributed by atoms with Crippen LogP contribution in [0.15, 0.2) is 59.6 Å². The Labute approximate surface area is 133 Å². The summed E-state index contributed by atoms with van der Waals surface area (Å²) in [6.45, 7) is 0. The average molecular weight is 309 g/mol. The van der Waals surface area contributed by atoms with Crippen molar-refractivity contribution < 1.29 is 4.79 Å². The van der Waals surface area contributed by atoms with Crippen molar-refractivity contribution >= 4 is 28.4 Å². The SMILES string of the molecule is CSC(=Nc1ccccc1C(=O)Cc1ccccc1)NC#N. The molecule has 2 rings (SSSR count). The lowest BCUT2D eigenvalue weighted by atomic mass is 10.0. The van der Waals surface area contributed by atoms with Gasteiger partial charge in [-0.25, -0.2) is 4.99 Å². The van der Waals surface area contributed by atoms with Gasteiger partial charge in [0.15, 0.2) is 17.1 Å². The van der Waals surface area contributed by atoms with Crippen molar-refractivity contribution in [3.8, 4) is 6.19 Å². The number of nitrogens with one attached hydrogen (secondary N) is 1. The van der Waals surface area contributed by atoms with E-state index >= 15 is 0 Å². The van der Waals surface area contributed by atoms with E-state index in [-0.39, 0.29) is 5.78 Å². The van der Waals surface area contributed by atoms with Gasteiger partial charge in [-0.05, 0) is 24.0 Å². The Balaban J connectivity index is 2.28. The number of hydrogen-bond donors (Lipinski definition) is 1. The zero-order valence-corrected chi connectivity index (χ0v) is 12.9. The van der Waals surface area contributed by atoms with E-state index in [1.54, 1.807) is 12.1 Å². The summed E-state index contributed by atoms with van der Waals surface area (Å²) in [4.78, 5) is 16.9. The minimum atomic E-state index is 0.00274. The van der Waals surface area contributed by atoms with Gasteiger partial charge in [-0.2, -0.15) is 5.26 Å². The lowest BCUT2D eigenvalue weighted by Gasteiger charge is -2.06. The maximum Gasteiger partial charge on any atom is 0.183 e. The monoisotopic (exact) mass is 309 g/mol. The number of amidine groups is 1. The van der Waals surface area contributed by atoms with Crippen molar-refractivity contribution in [2.45, 2.75) is 6.42 Å². The zero-order chi connectivity index (χ0) is 15.8. The third-order valence-corrected chi connectivity index (χ3v) is 3.57. The number of nitrogens with zero attached hydrogens (tertiary/aromatic N) is 2. The number of nitriles is 1. The number of thioether (sulfide) groups is 1. The van der Waals surface area contributed by atoms with Crippen LogP contribution in [-0.4, -0.2) is 17.2 Å². The number of para-hydroxylation sites is 1. The molecule has 0 fully saturated rings. The third-order valence-electron chi connectivity index (χ3n) is 2.99. The number of rotatable bonds is 4. The predicted molar refractivity (Wildman–Crippen MR) is 90.3 cm³/mol. The molecule has 2 aromatic carbocycles. The Hall–Kier alpha value is -2.58. The van der Waals surface area contributed by atoms with Gasteiger partial charge < -0.3 is 0 Å². The number of carbonyl (C=O) groups excluding carboxylic acids is 1. The van der Waals surface area contributed by atoms with Crippen LogP contribution in [0.5, 0.6) is 0 Å². The highest BCUT2D eigenvalue weighted by molar-refractivity contribution is 8.13. The van der Waals surface area contributed by atoms with Gasteiger partial charge in [0, 0.05) is 12.0 Å². The number of hydrogen-bond acceptors (Lipinski definition) is 4. The Morgan fingerprint density at radius 2 is 1.86 bits per heavy atom. The topological polar surface area (TPSA) is 65.2 Å². The second-order valence-electron chi connectivity index (χ2n) is 4.46. The van der Waals surface area contributed by atoms with Crippen LogP contribution >= 0.6 is 11.8 Å². The van der Waals surface area contributed by atoms with E-state index in [1.165, 1.54) is 11.8 Å². The van der Waals surface area contributed by atoms with Gasteiger partial charge in [-0.1, -0.05) is 54.2 Å². The van der Waals surface area contributed by atoms with Crippen molar-refractivity contribution in [3.05, 3.63) is 65.7 Å². The largest absolute Gasteiger partial charge is 0.294 e. The fraction of sp³-hybridized carbons (Fsp3) is 0.118. The van der Waals surface area contributed by atoms with Crippen molar-refractivity contribution in [2.24, 2.45) is 4.99 Å². The molecule has 0 radical (unpaired) electrons. The summed E-state index contributed by atoms with van der Waals surface area (Å²) >= 11 is 1.32. The molecule has 0 aliphatic heterocycles. The van der Waals surface area contributed by atoms with Gasteiger partial charge in [0.1, 0.15) is 0 Å². The molecule has 0 bridgehead atoms. The molecule has 0 saturated carbocycles. The van der Waals surface area contributed by atoms with E-state index < -0.39 is 0 Å². The van der Waals surface area contributed by atoms with Gasteiger partial charge in [0.25, 0.3) is 0 Å². The minimum Gasteiger partial charge on any atom is -0.294 e. The Morgan fingerprint density at radius 1 is 1.18 bits per heavy atom. The van der Waals surface area contributed by atoms with E-state index in [9.17, 15) is 4.79 Å². The summed E-state index contributed by atoms with van der Waals surface area (Å²) in [6.07, 6.45) is 3.99. The van der Waals surface area contributed by atoms with Crippen LogP contribution in [0.1, 0.15) is 15.9 Å². The number of Topliss-reactive ketones (excluding diaryl/α,β-unsaturated/α-hetero) is 1. The first-order valence-electron chi connectivity index (χ1n) is 6.68. The predicted octanol–water partition coefficient (Wildman–Crippen LogP) is 3.53. The first kappa shape index (κ1) is 15.8. The van der Waals surface area contributed by atoms with E-state index in [0.717, 1.165) is 5.56 Å². The Bertz CT molecular complexity index is 720. The van der Waals surface area contributed by atoms with E-state index in [0.29, 0.717) is 22.8 Å². The molecule has 110 valence electrons. The lowest BCUT2D eigenvalue weighted by molar-refractivity contribution is 0.0993. The normalized spacial score (nSPS) is 10.8. The highest BCUT2D eigenvalue weighted by Crippen LogP contribution is 2.22. The van der Waals surface area contributed by atoms with E-state index in [4.69, 9.17) is 5.26 Å². The van der Waals surface area contributed by atoms with Gasteiger partial charge in [0.05, 0.1) is 5.69 Å². The lowest BCUT2D eigenvalue weighted by Crippen LogP contribution is -2.13. The maximum absolute atomic E-state index is 12.5. The molecular weight excluding hydrogens is 294 g/mol. The fourth-order valence-corrected chi connectivity index (χ4v) is 2.30. The molecule has 0 amide bonds. The Morgan fingerprint density at radius 3 is 2.55 bits per heavy atom. The minimum absolute atomic E-state index is 0.00274. The number of ketones is 1. The molecule has 4 nitrogen and oxygen atoms in total. The van der Waals surface area contributed by atoms with Crippen LogP contribution in [0.3, 0.4) is 0 Å². The maximum atomic E-state index is 12.5. The Kier molecular flexibility index (Phi) is 5.75. The van der Waals surface area contributed by atoms with Crippen LogP contribution in [0, 0.1) is 11.5 Å². The molecule has 0 aliphatic carbocycles. The van der Waals surface area contributed by atoms with Gasteiger partial charge in [-0.15, -0.1) is 0 Å². The smallest absolute Gasteiger partial charge is 0.183 e. The molecule has 0 saturated heterocycles. The molecule has 1 N–H and O–H groups in total. The first-order chi connectivity index (χ1) is 10.7. The van der Waals surface area contributed by atoms with Gasteiger partial charge in [0.2, 0.25) is 0 Å². The molecule has 5 heteroatoms. The highest BCUT2D eigenvalue weighted by atomic mass is 32.2. The highest BCUT2D eigenvalue weighted by Gasteiger charge is 2.12. The molecule has 0 atom stereocenters. The summed E-state index contributed by atoms with van der Waals surface area (Å²) in [5, 5.41) is 11.7. The third kappa shape index (κ3) is 4.21. The molecule has 0 aliphatic rings. The fourth-order valence-electron chi connectivity index (χ4n) is 1.97. The molecule has 22 heavy (non-hydrogen) atoms. The van der Waals surface area contributed by atoms with E-state index in [1.807, 2.05) is 54.9 Å². The molecule has 0 spiro atoms. The summed E-state index contributed by atoms with van der Waals surface area (Å²) in [6, 6.07) is 16.8. The standard InChI is InChI=1S/C17H15N3OS/c1-22-17(19-12-18)20-15-10-6-5-9-14(15)16(21)11-13-7-3-2-4-8-13/h2-10H,11H2,1H3,(H,19,20). The molecule has 2 aromatic rings. The number of carbonyl (C=O) groups is 1. The quantitative estimate of drug-likeness (QED) is 0.308. The van der Waals surface area contributed by atoms with E-state index in [2.05, 4.69) is 10.3 Å². The van der Waals surface area contributed by atoms with Gasteiger partial charge >= 0.3 is 0 Å². The van der Waals surface area contributed by atoms with Crippen LogP contribution < -0.4 is 5.32 Å². The number of benzene rings is 2. The zero-order valence-electron chi connectivity index (χ0n) is 12.1. The van der Waals surface area contributed by atoms with Crippen molar-refractivity contribution in [3.63, 3.8) is 0 Å². The van der Waals surface area contributed by atoms with Crippen molar-refractivity contribution in [1.29, 1.82) is 5.26 Å². The second-order valence-corrected chi connectivity index (χ2v) is 5.26. The summed E-state index contributed by atoms with van der Waals surface area (Å²) in [5.74, 6) is 0.00274.